The summed E-state index contributed by atoms with van der Waals surface area (Å²) in [5, 5.41) is 15.0. The van der Waals surface area contributed by atoms with Crippen LogP contribution in [0, 0.1) is 0 Å². The van der Waals surface area contributed by atoms with Crippen molar-refractivity contribution in [3.8, 4) is 0 Å². The van der Waals surface area contributed by atoms with Crippen LogP contribution in [0.4, 0.5) is 0 Å². The number of rotatable bonds is 2. The van der Waals surface area contributed by atoms with Gasteiger partial charge in [-0.05, 0) is 31.5 Å². The third kappa shape index (κ3) is 2.62. The molecule has 1 unspecified atom stereocenters. The molecule has 1 heterocycles. The molecule has 1 aliphatic rings. The molecule has 0 spiro atoms. The van der Waals surface area contributed by atoms with E-state index in [-0.39, 0.29) is 5.37 Å². The summed E-state index contributed by atoms with van der Waals surface area (Å²) < 4.78 is -0.452. The van der Waals surface area contributed by atoms with E-state index in [0.717, 1.165) is 5.56 Å². The minimum Gasteiger partial charge on any atom is -0.548 e. The van der Waals surface area contributed by atoms with Crippen molar-refractivity contribution >= 4 is 40.9 Å². The maximum Gasteiger partial charge on any atom is 0.0815 e. The molecule has 0 aromatic heterocycles. The Morgan fingerprint density at radius 1 is 1.44 bits per heavy atom. The van der Waals surface area contributed by atoms with E-state index in [4.69, 9.17) is 23.2 Å². The Morgan fingerprint density at radius 2 is 2.11 bits per heavy atom. The number of nitrogens with one attached hydrogen (secondary N) is 1. The van der Waals surface area contributed by atoms with E-state index in [9.17, 15) is 9.90 Å². The van der Waals surface area contributed by atoms with Crippen LogP contribution in [-0.4, -0.2) is 16.8 Å². The van der Waals surface area contributed by atoms with Crippen LogP contribution in [0.5, 0.6) is 0 Å². The topological polar surface area (TPSA) is 52.2 Å². The van der Waals surface area contributed by atoms with Crippen molar-refractivity contribution in [1.29, 1.82) is 0 Å². The first-order valence-electron chi connectivity index (χ1n) is 5.41. The highest BCUT2D eigenvalue weighted by Crippen LogP contribution is 2.47. The summed E-state index contributed by atoms with van der Waals surface area (Å²) in [7, 11) is 0. The van der Waals surface area contributed by atoms with Gasteiger partial charge in [-0.15, -0.1) is 11.8 Å². The smallest absolute Gasteiger partial charge is 0.0815 e. The minimum absolute atomic E-state index is 0.173. The monoisotopic (exact) mass is 304 g/mol. The Labute approximate surface area is 120 Å². The second kappa shape index (κ2) is 4.93. The molecule has 1 aliphatic heterocycles. The summed E-state index contributed by atoms with van der Waals surface area (Å²) >= 11 is 13.5. The molecule has 1 aromatic rings. The van der Waals surface area contributed by atoms with Gasteiger partial charge in [0.2, 0.25) is 0 Å². The van der Waals surface area contributed by atoms with E-state index in [0.29, 0.717) is 10.0 Å². The SMILES string of the molecule is CC1(C)SC(c2ccc(Cl)cc2Cl)N[C@H]1C(=O)[O-]. The number of carbonyl (C=O) groups is 1. The quantitative estimate of drug-likeness (QED) is 0.910. The highest BCUT2D eigenvalue weighted by molar-refractivity contribution is 8.01. The van der Waals surface area contributed by atoms with E-state index in [1.54, 1.807) is 12.1 Å². The molecule has 2 atom stereocenters. The number of hydrogen-bond donors (Lipinski definition) is 1. The lowest BCUT2D eigenvalue weighted by molar-refractivity contribution is -0.308. The molecule has 2 rings (SSSR count). The first-order valence-corrected chi connectivity index (χ1v) is 7.04. The second-order valence-corrected chi connectivity index (χ2v) is 7.29. The minimum atomic E-state index is -1.10. The van der Waals surface area contributed by atoms with Crippen molar-refractivity contribution in [3.05, 3.63) is 33.8 Å². The largest absolute Gasteiger partial charge is 0.548 e. The van der Waals surface area contributed by atoms with Gasteiger partial charge < -0.3 is 9.90 Å². The molecule has 0 bridgehead atoms. The van der Waals surface area contributed by atoms with E-state index < -0.39 is 16.8 Å². The van der Waals surface area contributed by atoms with Gasteiger partial charge in [0.05, 0.1) is 17.4 Å². The van der Waals surface area contributed by atoms with Crippen LogP contribution in [0.25, 0.3) is 0 Å². The number of benzene rings is 1. The number of hydrogen-bond acceptors (Lipinski definition) is 4. The van der Waals surface area contributed by atoms with Crippen molar-refractivity contribution in [3.63, 3.8) is 0 Å². The molecule has 98 valence electrons. The van der Waals surface area contributed by atoms with Gasteiger partial charge in [0, 0.05) is 14.8 Å². The lowest BCUT2D eigenvalue weighted by atomic mass is 10.0. The fourth-order valence-corrected chi connectivity index (χ4v) is 4.00. The van der Waals surface area contributed by atoms with E-state index in [1.807, 2.05) is 19.9 Å². The molecule has 3 nitrogen and oxygen atoms in total. The average Bonchev–Trinajstić information content (AvgIpc) is 2.54. The summed E-state index contributed by atoms with van der Waals surface area (Å²) in [5.41, 5.74) is 0.836. The van der Waals surface area contributed by atoms with Gasteiger partial charge in [-0.1, -0.05) is 29.3 Å². The van der Waals surface area contributed by atoms with Crippen LogP contribution >= 0.6 is 35.0 Å². The summed E-state index contributed by atoms with van der Waals surface area (Å²) in [6.45, 7) is 3.74. The molecule has 6 heteroatoms. The van der Waals surface area contributed by atoms with E-state index in [2.05, 4.69) is 5.32 Å². The first kappa shape index (κ1) is 14.0. The van der Waals surface area contributed by atoms with Crippen molar-refractivity contribution < 1.29 is 9.90 Å². The molecule has 0 aliphatic carbocycles. The van der Waals surface area contributed by atoms with E-state index in [1.165, 1.54) is 11.8 Å². The maximum absolute atomic E-state index is 11.1. The molecule has 18 heavy (non-hydrogen) atoms. The van der Waals surface area contributed by atoms with Crippen molar-refractivity contribution in [2.75, 3.05) is 0 Å². The molecular formula is C12H12Cl2NO2S-. The Bertz CT molecular complexity index is 493. The zero-order valence-corrected chi connectivity index (χ0v) is 12.2. The summed E-state index contributed by atoms with van der Waals surface area (Å²) in [6.07, 6.45) is 0. The Morgan fingerprint density at radius 3 is 2.61 bits per heavy atom. The van der Waals surface area contributed by atoms with Gasteiger partial charge in [-0.2, -0.15) is 0 Å². The van der Waals surface area contributed by atoms with Gasteiger partial charge in [-0.3, -0.25) is 5.32 Å². The third-order valence-electron chi connectivity index (χ3n) is 2.92. The van der Waals surface area contributed by atoms with Gasteiger partial charge in [0.15, 0.2) is 0 Å². The normalized spacial score (nSPS) is 26.2. The second-order valence-electron chi connectivity index (χ2n) is 4.69. The number of carboxylic acid groups (broad SMARTS) is 1. The fraction of sp³-hybridized carbons (Fsp3) is 0.417. The number of thioether (sulfide) groups is 1. The Kier molecular flexibility index (Phi) is 3.83. The molecule has 0 amide bonds. The number of carbonyl (C=O) groups excluding carboxylic acids is 1. The molecule has 1 N–H and O–H groups in total. The number of carboxylic acids is 1. The predicted octanol–water partition coefficient (Wildman–Crippen LogP) is 2.23. The summed E-state index contributed by atoms with van der Waals surface area (Å²) in [5.74, 6) is -1.10. The number of halogens is 2. The van der Waals surface area contributed by atoms with E-state index >= 15 is 0 Å². The molecule has 1 saturated heterocycles. The van der Waals surface area contributed by atoms with Crippen LogP contribution in [-0.2, 0) is 4.79 Å². The molecule has 1 fully saturated rings. The lowest BCUT2D eigenvalue weighted by Crippen LogP contribution is -2.51. The van der Waals surface area contributed by atoms with Crippen LogP contribution < -0.4 is 10.4 Å². The highest BCUT2D eigenvalue weighted by atomic mass is 35.5. The summed E-state index contributed by atoms with van der Waals surface area (Å²) in [4.78, 5) is 11.1. The molecule has 0 saturated carbocycles. The third-order valence-corrected chi connectivity index (χ3v) is 4.95. The van der Waals surface area contributed by atoms with Gasteiger partial charge in [-0.25, -0.2) is 0 Å². The zero-order chi connectivity index (χ0) is 13.5. The van der Waals surface area contributed by atoms with Crippen LogP contribution in [0.1, 0.15) is 24.8 Å². The van der Waals surface area contributed by atoms with Crippen molar-refractivity contribution in [2.24, 2.45) is 0 Å². The van der Waals surface area contributed by atoms with Gasteiger partial charge in [0.25, 0.3) is 0 Å². The highest BCUT2D eigenvalue weighted by Gasteiger charge is 2.42. The molecule has 1 aromatic carbocycles. The Balaban J connectivity index is 2.29. The van der Waals surface area contributed by atoms with Crippen molar-refractivity contribution in [1.82, 2.24) is 5.32 Å². The summed E-state index contributed by atoms with van der Waals surface area (Å²) in [6, 6.07) is 4.49. The van der Waals surface area contributed by atoms with Gasteiger partial charge >= 0.3 is 0 Å². The predicted molar refractivity (Wildman–Crippen MR) is 72.8 cm³/mol. The van der Waals surface area contributed by atoms with Crippen LogP contribution in [0.15, 0.2) is 18.2 Å². The zero-order valence-electron chi connectivity index (χ0n) is 9.87. The molecular weight excluding hydrogens is 293 g/mol. The van der Waals surface area contributed by atoms with Crippen LogP contribution in [0.3, 0.4) is 0 Å². The molecule has 0 radical (unpaired) electrons. The standard InChI is InChI=1S/C12H13Cl2NO2S/c1-12(2)9(11(16)17)15-10(18-12)7-4-3-6(13)5-8(7)14/h3-5,9-10,15H,1-2H3,(H,16,17)/p-1/t9-,10?/m0/s1. The van der Waals surface area contributed by atoms with Crippen molar-refractivity contribution in [2.45, 2.75) is 30.0 Å². The first-order chi connectivity index (χ1) is 8.31. The average molecular weight is 305 g/mol. The Hall–Kier alpha value is -0.420. The fourth-order valence-electron chi connectivity index (χ4n) is 1.98. The number of aliphatic carboxylic acids is 1. The van der Waals surface area contributed by atoms with Crippen LogP contribution in [0.2, 0.25) is 10.0 Å². The maximum atomic E-state index is 11.1. The van der Waals surface area contributed by atoms with Gasteiger partial charge in [0.1, 0.15) is 0 Å². The lowest BCUT2D eigenvalue weighted by Gasteiger charge is -2.25.